The van der Waals surface area contributed by atoms with E-state index in [4.69, 9.17) is 9.47 Å². The average Bonchev–Trinajstić information content (AvgIpc) is 3.17. The second-order valence-electron chi connectivity index (χ2n) is 12.5. The van der Waals surface area contributed by atoms with Crippen LogP contribution in [0.2, 0.25) is 0 Å². The van der Waals surface area contributed by atoms with Gasteiger partial charge in [0.05, 0.1) is 18.7 Å². The van der Waals surface area contributed by atoms with Crippen molar-refractivity contribution >= 4 is 5.57 Å². The molecule has 1 heterocycles. The third-order valence-electron chi connectivity index (χ3n) is 8.59. The second kappa shape index (κ2) is 13.0. The van der Waals surface area contributed by atoms with Gasteiger partial charge in [0.1, 0.15) is 11.9 Å². The molecule has 1 saturated heterocycles. The molecule has 1 aliphatic heterocycles. The van der Waals surface area contributed by atoms with E-state index in [1.807, 2.05) is 26.0 Å². The Morgan fingerprint density at radius 1 is 1.07 bits per heavy atom. The lowest BCUT2D eigenvalue weighted by atomic mass is 9.72. The van der Waals surface area contributed by atoms with Crippen LogP contribution >= 0.6 is 0 Å². The number of nitrogens with zero attached hydrogens (tertiary/aromatic N) is 1. The molecule has 0 radical (unpaired) electrons. The summed E-state index contributed by atoms with van der Waals surface area (Å²) in [6.07, 6.45) is 6.92. The summed E-state index contributed by atoms with van der Waals surface area (Å²) < 4.78 is 52.4. The molecule has 5 rings (SSSR count). The first-order chi connectivity index (χ1) is 19.4. The number of allylic oxidation sites excluding steroid dienone is 2. The van der Waals surface area contributed by atoms with E-state index in [2.05, 4.69) is 37.8 Å². The van der Waals surface area contributed by atoms with Crippen LogP contribution in [0.4, 0.5) is 13.2 Å². The summed E-state index contributed by atoms with van der Waals surface area (Å²) in [5.74, 6) is 1.61. The van der Waals surface area contributed by atoms with Crippen LogP contribution in [0.1, 0.15) is 107 Å². The van der Waals surface area contributed by atoms with Crippen LogP contribution < -0.4 is 4.74 Å². The van der Waals surface area contributed by atoms with E-state index < -0.39 is 17.8 Å². The van der Waals surface area contributed by atoms with E-state index in [-0.39, 0.29) is 11.5 Å². The van der Waals surface area contributed by atoms with Crippen molar-refractivity contribution in [3.8, 4) is 5.75 Å². The molecule has 2 atom stereocenters. The SMILES string of the molecule is C1CCC1.CC/C=C1/OC(c2cccc(C(F)(F)F)c2)C(C)N1CC1=C(c2cc(C)ccc2OC)CCC(C)(C)C1. The Kier molecular flexibility index (Phi) is 9.81. The molecule has 2 aromatic rings. The number of rotatable bonds is 6. The predicted molar refractivity (Wildman–Crippen MR) is 161 cm³/mol. The Balaban J connectivity index is 0.000000890. The molecule has 224 valence electrons. The molecule has 3 nitrogen and oxygen atoms in total. The Morgan fingerprint density at radius 3 is 2.39 bits per heavy atom. The lowest BCUT2D eigenvalue weighted by molar-refractivity contribution is -0.137. The Bertz CT molecular complexity index is 1250. The van der Waals surface area contributed by atoms with Crippen LogP contribution in [0.25, 0.3) is 5.57 Å². The first-order valence-electron chi connectivity index (χ1n) is 15.1. The molecule has 2 fully saturated rings. The highest BCUT2D eigenvalue weighted by Crippen LogP contribution is 2.47. The molecule has 6 heteroatoms. The predicted octanol–water partition coefficient (Wildman–Crippen LogP) is 10.3. The van der Waals surface area contributed by atoms with Crippen molar-refractivity contribution in [2.75, 3.05) is 13.7 Å². The van der Waals surface area contributed by atoms with E-state index in [0.717, 1.165) is 48.9 Å². The third-order valence-corrected chi connectivity index (χ3v) is 8.59. The number of halogens is 3. The summed E-state index contributed by atoms with van der Waals surface area (Å²) in [5.41, 5.74) is 5.02. The summed E-state index contributed by atoms with van der Waals surface area (Å²) in [4.78, 5) is 2.23. The molecule has 1 saturated carbocycles. The van der Waals surface area contributed by atoms with Crippen LogP contribution in [-0.4, -0.2) is 24.6 Å². The number of hydrogen-bond acceptors (Lipinski definition) is 3. The zero-order chi connectivity index (χ0) is 29.8. The minimum absolute atomic E-state index is 0.125. The molecular weight excluding hydrogens is 523 g/mol. The zero-order valence-corrected chi connectivity index (χ0v) is 25.5. The number of alkyl halides is 3. The molecule has 0 amide bonds. The van der Waals surface area contributed by atoms with Crippen molar-refractivity contribution in [1.82, 2.24) is 4.90 Å². The highest BCUT2D eigenvalue weighted by atomic mass is 19.4. The average molecular weight is 570 g/mol. The molecular formula is C35H46F3NO2. The highest BCUT2D eigenvalue weighted by molar-refractivity contribution is 5.75. The number of hydrogen-bond donors (Lipinski definition) is 0. The number of ether oxygens (including phenoxy) is 2. The first kappa shape index (κ1) is 31.1. The Morgan fingerprint density at radius 2 is 1.78 bits per heavy atom. The molecule has 0 bridgehead atoms. The fraction of sp³-hybridized carbons (Fsp3) is 0.543. The van der Waals surface area contributed by atoms with E-state index >= 15 is 0 Å². The van der Waals surface area contributed by atoms with Crippen molar-refractivity contribution in [1.29, 1.82) is 0 Å². The van der Waals surface area contributed by atoms with E-state index in [1.165, 1.54) is 54.5 Å². The molecule has 2 unspecified atom stereocenters. The minimum atomic E-state index is -4.39. The van der Waals surface area contributed by atoms with Gasteiger partial charge in [-0.1, -0.05) is 70.2 Å². The maximum atomic E-state index is 13.4. The standard InChI is InChI=1S/C31H38F3NO2.C4H8/c1-7-9-28-35(21(3)29(37-28)22-10-8-11-24(17-22)31(32,33)34)19-23-18-30(4,5)15-14-25(23)26-16-20(2)12-13-27(26)36-6;1-2-4-3-1/h8-13,16-17,21,29H,7,14-15,18-19H2,1-6H3;1-4H2/b28-9+;. The van der Waals surface area contributed by atoms with Gasteiger partial charge in [-0.25, -0.2) is 0 Å². The maximum Gasteiger partial charge on any atom is 0.416 e. The summed E-state index contributed by atoms with van der Waals surface area (Å²) in [5, 5.41) is 0. The molecule has 0 aromatic heterocycles. The van der Waals surface area contributed by atoms with Gasteiger partial charge in [0.25, 0.3) is 0 Å². The largest absolute Gasteiger partial charge is 0.496 e. The maximum absolute atomic E-state index is 13.4. The van der Waals surface area contributed by atoms with E-state index in [9.17, 15) is 13.2 Å². The quantitative estimate of drug-likeness (QED) is 0.345. The second-order valence-corrected chi connectivity index (χ2v) is 12.5. The zero-order valence-electron chi connectivity index (χ0n) is 25.5. The molecule has 3 aliphatic rings. The summed E-state index contributed by atoms with van der Waals surface area (Å²) in [7, 11) is 1.71. The van der Waals surface area contributed by atoms with Crippen LogP contribution in [0.3, 0.4) is 0 Å². The van der Waals surface area contributed by atoms with Gasteiger partial charge in [-0.05, 0) is 92.0 Å². The number of aryl methyl sites for hydroxylation is 1. The highest BCUT2D eigenvalue weighted by Gasteiger charge is 2.40. The van der Waals surface area contributed by atoms with Crippen LogP contribution in [0.15, 0.2) is 60.0 Å². The topological polar surface area (TPSA) is 21.7 Å². The van der Waals surface area contributed by atoms with Crippen molar-refractivity contribution in [3.05, 3.63) is 82.3 Å². The number of benzene rings is 2. The molecule has 41 heavy (non-hydrogen) atoms. The van der Waals surface area contributed by atoms with Crippen LogP contribution in [0.5, 0.6) is 5.75 Å². The van der Waals surface area contributed by atoms with Gasteiger partial charge in [-0.3, -0.25) is 0 Å². The Labute approximate surface area is 244 Å². The van der Waals surface area contributed by atoms with Crippen molar-refractivity contribution in [2.45, 2.75) is 104 Å². The fourth-order valence-electron chi connectivity index (χ4n) is 5.86. The van der Waals surface area contributed by atoms with Crippen LogP contribution in [-0.2, 0) is 10.9 Å². The third kappa shape index (κ3) is 7.50. The normalized spacial score (nSPS) is 23.0. The number of methoxy groups -OCH3 is 1. The van der Waals surface area contributed by atoms with Crippen molar-refractivity contribution in [2.24, 2.45) is 5.41 Å². The van der Waals surface area contributed by atoms with E-state index in [1.54, 1.807) is 13.2 Å². The minimum Gasteiger partial charge on any atom is -0.496 e. The van der Waals surface area contributed by atoms with Gasteiger partial charge >= 0.3 is 6.18 Å². The Hall–Kier alpha value is -2.89. The van der Waals surface area contributed by atoms with Crippen molar-refractivity contribution in [3.63, 3.8) is 0 Å². The lowest BCUT2D eigenvalue weighted by Gasteiger charge is -2.36. The first-order valence-corrected chi connectivity index (χ1v) is 15.1. The molecule has 2 aromatic carbocycles. The molecule has 2 aliphatic carbocycles. The molecule has 0 spiro atoms. The van der Waals surface area contributed by atoms with Gasteiger partial charge in [0.2, 0.25) is 0 Å². The monoisotopic (exact) mass is 569 g/mol. The smallest absolute Gasteiger partial charge is 0.416 e. The summed E-state index contributed by atoms with van der Waals surface area (Å²) >= 11 is 0. The lowest BCUT2D eigenvalue weighted by Crippen LogP contribution is -2.33. The molecule has 0 N–H and O–H groups in total. The van der Waals surface area contributed by atoms with Gasteiger partial charge in [0.15, 0.2) is 5.88 Å². The van der Waals surface area contributed by atoms with Gasteiger partial charge in [-0.2, -0.15) is 13.2 Å². The van der Waals surface area contributed by atoms with Gasteiger partial charge in [-0.15, -0.1) is 0 Å². The van der Waals surface area contributed by atoms with Crippen LogP contribution in [0, 0.1) is 12.3 Å². The fourth-order valence-corrected chi connectivity index (χ4v) is 5.86. The van der Waals surface area contributed by atoms with E-state index in [0.29, 0.717) is 12.1 Å². The summed E-state index contributed by atoms with van der Waals surface area (Å²) in [6.45, 7) is 11.4. The van der Waals surface area contributed by atoms with Gasteiger partial charge < -0.3 is 14.4 Å². The van der Waals surface area contributed by atoms with Crippen molar-refractivity contribution < 1.29 is 22.6 Å². The van der Waals surface area contributed by atoms with Gasteiger partial charge in [0, 0.05) is 12.1 Å². The summed E-state index contributed by atoms with van der Waals surface area (Å²) in [6, 6.07) is 11.7.